The van der Waals surface area contributed by atoms with Gasteiger partial charge in [-0.3, -0.25) is 4.57 Å². The van der Waals surface area contributed by atoms with Gasteiger partial charge in [-0.25, -0.2) is 0 Å². The first-order valence-corrected chi connectivity index (χ1v) is 15.0. The van der Waals surface area contributed by atoms with Crippen LogP contribution in [0.25, 0.3) is 0 Å². The van der Waals surface area contributed by atoms with Gasteiger partial charge in [-0.05, 0) is 22.8 Å². The lowest BCUT2D eigenvalue weighted by Crippen LogP contribution is -2.46. The van der Waals surface area contributed by atoms with Gasteiger partial charge in [0.25, 0.3) is 0 Å². The fourth-order valence-corrected chi connectivity index (χ4v) is 18.3. The van der Waals surface area contributed by atoms with Crippen LogP contribution in [0.5, 0.6) is 0 Å². The van der Waals surface area contributed by atoms with Crippen molar-refractivity contribution >= 4 is 46.1 Å². The summed E-state index contributed by atoms with van der Waals surface area (Å²) in [4.78, 5) is 0. The van der Waals surface area contributed by atoms with Crippen LogP contribution in [-0.2, 0) is 35.6 Å². The molecular formula is C10H25O8PS2Si2. The Morgan fingerprint density at radius 1 is 0.826 bits per heavy atom. The molecule has 0 amide bonds. The van der Waals surface area contributed by atoms with Crippen molar-refractivity contribution in [3.05, 3.63) is 12.8 Å². The first kappa shape index (κ1) is 23.7. The van der Waals surface area contributed by atoms with Gasteiger partial charge in [0, 0.05) is 42.7 Å². The van der Waals surface area contributed by atoms with Crippen molar-refractivity contribution in [2.45, 2.75) is 0 Å². The van der Waals surface area contributed by atoms with E-state index in [1.165, 1.54) is 42.7 Å². The van der Waals surface area contributed by atoms with Crippen LogP contribution in [-0.4, -0.2) is 71.0 Å². The highest BCUT2D eigenvalue weighted by Gasteiger charge is 2.45. The van der Waals surface area contributed by atoms with Crippen LogP contribution in [0.15, 0.2) is 12.8 Å². The molecule has 0 spiro atoms. The molecule has 0 atom stereocenters. The van der Waals surface area contributed by atoms with E-state index < -0.39 is 23.4 Å². The van der Waals surface area contributed by atoms with Crippen molar-refractivity contribution in [1.82, 2.24) is 0 Å². The molecule has 0 rings (SSSR count). The second-order valence-electron chi connectivity index (χ2n) is 3.86. The second kappa shape index (κ2) is 11.3. The van der Waals surface area contributed by atoms with Crippen molar-refractivity contribution in [2.75, 3.05) is 53.4 Å². The highest BCUT2D eigenvalue weighted by atomic mass is 33.1. The largest absolute Gasteiger partial charge is 0.511 e. The third-order valence-electron chi connectivity index (χ3n) is 2.87. The zero-order valence-electron chi connectivity index (χ0n) is 14.2. The van der Waals surface area contributed by atoms with E-state index >= 15 is 0 Å². The van der Waals surface area contributed by atoms with Crippen LogP contribution in [0.3, 0.4) is 0 Å². The third-order valence-corrected chi connectivity index (χ3v) is 18.1. The van der Waals surface area contributed by atoms with Gasteiger partial charge >= 0.3 is 23.4 Å². The standard InChI is InChI=1S/C10H25O8PS2Si2/c1-8-18-19(11,20-9-22(12-2,13-3)14-4)21-10-23(15-5,16-6)17-7/h8H,1,9-10H2,2-7H3. The van der Waals surface area contributed by atoms with Crippen LogP contribution < -0.4 is 0 Å². The SMILES string of the molecule is C=COP(=O)(SC[Si](OC)(OC)OC)SC[Si](OC)(OC)OC. The summed E-state index contributed by atoms with van der Waals surface area (Å²) in [7, 11) is 3.20. The van der Waals surface area contributed by atoms with Crippen LogP contribution in [0, 0.1) is 0 Å². The van der Waals surface area contributed by atoms with Gasteiger partial charge in [0.2, 0.25) is 0 Å². The molecule has 0 aromatic heterocycles. The van der Waals surface area contributed by atoms with Gasteiger partial charge in [-0.15, -0.1) is 0 Å². The molecule has 0 saturated heterocycles. The van der Waals surface area contributed by atoms with E-state index in [0.29, 0.717) is 0 Å². The molecule has 0 radical (unpaired) electrons. The summed E-state index contributed by atoms with van der Waals surface area (Å²) in [5, 5.41) is 0.520. The summed E-state index contributed by atoms with van der Waals surface area (Å²) in [6, 6.07) is 0. The van der Waals surface area contributed by atoms with Gasteiger partial charge in [0.05, 0.1) is 17.0 Å². The Bertz CT molecular complexity index is 351. The Morgan fingerprint density at radius 2 is 1.13 bits per heavy atom. The molecule has 13 heteroatoms. The lowest BCUT2D eigenvalue weighted by molar-refractivity contribution is 0.130. The zero-order chi connectivity index (χ0) is 18.0. The predicted molar refractivity (Wildman–Crippen MR) is 97.4 cm³/mol. The summed E-state index contributed by atoms with van der Waals surface area (Å²) in [6.45, 7) is 3.47. The minimum absolute atomic E-state index is 0.260. The van der Waals surface area contributed by atoms with E-state index in [0.717, 1.165) is 29.0 Å². The van der Waals surface area contributed by atoms with Crippen molar-refractivity contribution in [3.63, 3.8) is 0 Å². The van der Waals surface area contributed by atoms with Crippen LogP contribution in [0.2, 0.25) is 0 Å². The molecule has 0 aromatic carbocycles. The molecule has 23 heavy (non-hydrogen) atoms. The van der Waals surface area contributed by atoms with Crippen LogP contribution >= 0.6 is 28.5 Å². The highest BCUT2D eigenvalue weighted by Crippen LogP contribution is 2.70. The van der Waals surface area contributed by atoms with Crippen molar-refractivity contribution in [1.29, 1.82) is 0 Å². The Labute approximate surface area is 148 Å². The molecule has 8 nitrogen and oxygen atoms in total. The molecule has 0 N–H and O–H groups in total. The molecule has 0 heterocycles. The maximum atomic E-state index is 12.9. The minimum Gasteiger partial charge on any atom is -0.438 e. The second-order valence-corrected chi connectivity index (χ2v) is 18.1. The molecule has 0 unspecified atom stereocenters. The summed E-state index contributed by atoms with van der Waals surface area (Å²) >= 11 is 2.14. The van der Waals surface area contributed by atoms with Crippen molar-refractivity contribution in [3.8, 4) is 0 Å². The normalized spacial score (nSPS) is 13.1. The van der Waals surface area contributed by atoms with E-state index in [1.807, 2.05) is 0 Å². The molecule has 0 fully saturated rings. The fraction of sp³-hybridized carbons (Fsp3) is 0.800. The Morgan fingerprint density at radius 3 is 1.35 bits per heavy atom. The van der Waals surface area contributed by atoms with Crippen molar-refractivity contribution in [2.24, 2.45) is 0 Å². The Hall–Kier alpha value is 0.664. The molecule has 0 saturated carbocycles. The van der Waals surface area contributed by atoms with Gasteiger partial charge in [-0.1, -0.05) is 6.58 Å². The van der Waals surface area contributed by atoms with E-state index in [4.69, 9.17) is 31.1 Å². The summed E-state index contributed by atoms with van der Waals surface area (Å²) < 4.78 is 50.1. The highest BCUT2D eigenvalue weighted by molar-refractivity contribution is 8.89. The molecule has 0 aliphatic rings. The zero-order valence-corrected chi connectivity index (χ0v) is 18.8. The minimum atomic E-state index is -3.19. The summed E-state index contributed by atoms with van der Waals surface area (Å²) in [5.41, 5.74) is 0. The topological polar surface area (TPSA) is 81.7 Å². The van der Waals surface area contributed by atoms with Crippen molar-refractivity contribution < 1.29 is 35.6 Å². The maximum absolute atomic E-state index is 12.9. The number of hydrogen-bond donors (Lipinski definition) is 0. The van der Waals surface area contributed by atoms with Gasteiger partial charge in [0.15, 0.2) is 0 Å². The molecular weight excluding hydrogens is 399 g/mol. The van der Waals surface area contributed by atoms with Crippen LogP contribution in [0.1, 0.15) is 0 Å². The van der Waals surface area contributed by atoms with E-state index in [2.05, 4.69) is 6.58 Å². The average Bonchev–Trinajstić information content (AvgIpc) is 2.59. The first-order valence-electron chi connectivity index (χ1n) is 6.33. The molecule has 0 aliphatic carbocycles. The maximum Gasteiger partial charge on any atom is 0.511 e. The van der Waals surface area contributed by atoms with Crippen LogP contribution in [0.4, 0.5) is 0 Å². The van der Waals surface area contributed by atoms with E-state index in [1.54, 1.807) is 0 Å². The predicted octanol–water partition coefficient (Wildman–Crippen LogP) is 2.56. The molecule has 0 aliphatic heterocycles. The molecule has 0 bridgehead atoms. The number of rotatable bonds is 14. The van der Waals surface area contributed by atoms with Gasteiger partial charge in [0.1, 0.15) is 0 Å². The first-order chi connectivity index (χ1) is 10.8. The number of hydrogen-bond acceptors (Lipinski definition) is 10. The fourth-order valence-electron chi connectivity index (χ4n) is 1.36. The Balaban J connectivity index is 4.99. The van der Waals surface area contributed by atoms with E-state index in [-0.39, 0.29) is 10.8 Å². The quantitative estimate of drug-likeness (QED) is 0.236. The van der Waals surface area contributed by atoms with Gasteiger partial charge in [-0.2, -0.15) is 0 Å². The molecule has 0 aromatic rings. The summed E-state index contributed by atoms with van der Waals surface area (Å²) in [6.07, 6.45) is 1.14. The smallest absolute Gasteiger partial charge is 0.438 e. The average molecular weight is 425 g/mol. The Kier molecular flexibility index (Phi) is 11.6. The van der Waals surface area contributed by atoms with Gasteiger partial charge < -0.3 is 31.1 Å². The molecule has 138 valence electrons. The summed E-state index contributed by atoms with van der Waals surface area (Å²) in [5.74, 6) is -3.19. The third kappa shape index (κ3) is 7.20. The lowest BCUT2D eigenvalue weighted by atomic mass is 11.2. The van der Waals surface area contributed by atoms with E-state index in [9.17, 15) is 4.57 Å². The lowest BCUT2D eigenvalue weighted by Gasteiger charge is -2.27. The monoisotopic (exact) mass is 424 g/mol.